The zero-order valence-corrected chi connectivity index (χ0v) is 10.6. The maximum absolute atomic E-state index is 13.3. The number of aryl methyl sites for hydroxylation is 1. The molecule has 0 saturated carbocycles. The molecule has 98 valence electrons. The second-order valence-electron chi connectivity index (χ2n) is 4.48. The molecule has 1 aromatic carbocycles. The Morgan fingerprint density at radius 1 is 1.32 bits per heavy atom. The van der Waals surface area contributed by atoms with Gasteiger partial charge in [0.15, 0.2) is 0 Å². The summed E-state index contributed by atoms with van der Waals surface area (Å²) in [5, 5.41) is 0. The van der Waals surface area contributed by atoms with Crippen molar-refractivity contribution in [2.75, 3.05) is 18.1 Å². The van der Waals surface area contributed by atoms with Crippen LogP contribution in [0.4, 0.5) is 10.2 Å². The van der Waals surface area contributed by atoms with Crippen LogP contribution in [0.1, 0.15) is 11.4 Å². The van der Waals surface area contributed by atoms with Gasteiger partial charge in [0.25, 0.3) is 0 Å². The largest absolute Gasteiger partial charge is 0.491 e. The van der Waals surface area contributed by atoms with Gasteiger partial charge in [-0.2, -0.15) is 0 Å². The lowest BCUT2D eigenvalue weighted by molar-refractivity contribution is 0.331. The summed E-state index contributed by atoms with van der Waals surface area (Å²) in [6.07, 6.45) is 1.73. The number of hydrogen-bond donors (Lipinski definition) is 0. The third-order valence-corrected chi connectivity index (χ3v) is 3.09. The molecule has 2 aromatic rings. The highest BCUT2D eigenvalue weighted by atomic mass is 19.1. The van der Waals surface area contributed by atoms with E-state index >= 15 is 0 Å². The Morgan fingerprint density at radius 2 is 2.21 bits per heavy atom. The van der Waals surface area contributed by atoms with Crippen molar-refractivity contribution < 1.29 is 9.13 Å². The lowest BCUT2D eigenvalue weighted by atomic mass is 10.2. The third kappa shape index (κ3) is 2.50. The number of hydrogen-bond acceptors (Lipinski definition) is 4. The molecular weight excluding hydrogens is 245 g/mol. The summed E-state index contributed by atoms with van der Waals surface area (Å²) in [5.74, 6) is 2.06. The first-order valence-corrected chi connectivity index (χ1v) is 6.18. The molecule has 4 nitrogen and oxygen atoms in total. The predicted molar refractivity (Wildman–Crippen MR) is 69.7 cm³/mol. The van der Waals surface area contributed by atoms with Gasteiger partial charge in [-0.15, -0.1) is 0 Å². The highest BCUT2D eigenvalue weighted by Gasteiger charge is 2.17. The molecule has 0 N–H and O–H groups in total. The van der Waals surface area contributed by atoms with Gasteiger partial charge in [-0.3, -0.25) is 0 Å². The van der Waals surface area contributed by atoms with Crippen LogP contribution in [0.2, 0.25) is 0 Å². The molecule has 0 atom stereocenters. The number of ether oxygens (including phenoxy) is 1. The second kappa shape index (κ2) is 4.84. The molecule has 3 rings (SSSR count). The average molecular weight is 259 g/mol. The Balaban J connectivity index is 1.93. The maximum atomic E-state index is 13.3. The monoisotopic (exact) mass is 259 g/mol. The number of nitrogens with zero attached hydrogens (tertiary/aromatic N) is 3. The Bertz CT molecular complexity index is 603. The number of fused-ring (bicyclic) bond motifs is 1. The van der Waals surface area contributed by atoms with Gasteiger partial charge in [-0.05, 0) is 31.2 Å². The maximum Gasteiger partial charge on any atom is 0.132 e. The van der Waals surface area contributed by atoms with Gasteiger partial charge in [0.05, 0.1) is 6.54 Å². The van der Waals surface area contributed by atoms with E-state index in [1.165, 1.54) is 12.1 Å². The quantitative estimate of drug-likeness (QED) is 0.787. The summed E-state index contributed by atoms with van der Waals surface area (Å²) in [4.78, 5) is 10.6. The van der Waals surface area contributed by atoms with Crippen molar-refractivity contribution in [2.45, 2.75) is 13.5 Å². The SMILES string of the molecule is Cc1nccc(N2CCOc3ccc(F)cc3C2)n1. The van der Waals surface area contributed by atoms with Crippen LogP contribution in [0.3, 0.4) is 0 Å². The molecule has 2 heterocycles. The van der Waals surface area contributed by atoms with Crippen LogP contribution in [-0.4, -0.2) is 23.1 Å². The molecule has 1 aliphatic heterocycles. The Morgan fingerprint density at radius 3 is 3.05 bits per heavy atom. The minimum absolute atomic E-state index is 0.247. The third-order valence-electron chi connectivity index (χ3n) is 3.09. The van der Waals surface area contributed by atoms with Gasteiger partial charge in [0.1, 0.15) is 29.8 Å². The van der Waals surface area contributed by atoms with Crippen LogP contribution >= 0.6 is 0 Å². The smallest absolute Gasteiger partial charge is 0.132 e. The topological polar surface area (TPSA) is 38.2 Å². The van der Waals surface area contributed by atoms with Crippen molar-refractivity contribution in [2.24, 2.45) is 0 Å². The summed E-state index contributed by atoms with van der Waals surface area (Å²) in [6, 6.07) is 6.47. The Kier molecular flexibility index (Phi) is 3.03. The number of aromatic nitrogens is 2. The summed E-state index contributed by atoms with van der Waals surface area (Å²) >= 11 is 0. The van der Waals surface area contributed by atoms with E-state index in [-0.39, 0.29) is 5.82 Å². The predicted octanol–water partition coefficient (Wildman–Crippen LogP) is 2.32. The van der Waals surface area contributed by atoms with E-state index < -0.39 is 0 Å². The van der Waals surface area contributed by atoms with E-state index in [4.69, 9.17) is 4.74 Å². The Hall–Kier alpha value is -2.17. The molecule has 0 unspecified atom stereocenters. The van der Waals surface area contributed by atoms with Crippen LogP contribution in [-0.2, 0) is 6.54 Å². The molecular formula is C14H14FN3O. The number of halogens is 1. The van der Waals surface area contributed by atoms with Gasteiger partial charge in [0.2, 0.25) is 0 Å². The molecule has 0 fully saturated rings. The van der Waals surface area contributed by atoms with Gasteiger partial charge >= 0.3 is 0 Å². The molecule has 0 radical (unpaired) electrons. The molecule has 0 saturated heterocycles. The van der Waals surface area contributed by atoms with Crippen LogP contribution < -0.4 is 9.64 Å². The summed E-state index contributed by atoms with van der Waals surface area (Å²) in [6.45, 7) is 3.71. The molecule has 1 aromatic heterocycles. The van der Waals surface area contributed by atoms with Crippen molar-refractivity contribution in [1.29, 1.82) is 0 Å². The normalized spacial score (nSPS) is 14.5. The lowest BCUT2D eigenvalue weighted by Crippen LogP contribution is -2.26. The molecule has 0 aliphatic carbocycles. The fraction of sp³-hybridized carbons (Fsp3) is 0.286. The zero-order valence-electron chi connectivity index (χ0n) is 10.6. The number of anilines is 1. The van der Waals surface area contributed by atoms with E-state index in [1.807, 2.05) is 13.0 Å². The highest BCUT2D eigenvalue weighted by molar-refractivity contribution is 5.43. The fourth-order valence-corrected chi connectivity index (χ4v) is 2.18. The van der Waals surface area contributed by atoms with Crippen molar-refractivity contribution in [3.05, 3.63) is 47.7 Å². The van der Waals surface area contributed by atoms with Crippen LogP contribution in [0.5, 0.6) is 5.75 Å². The Labute approximate surface area is 110 Å². The molecule has 19 heavy (non-hydrogen) atoms. The van der Waals surface area contributed by atoms with E-state index in [0.717, 1.165) is 23.0 Å². The molecule has 0 spiro atoms. The van der Waals surface area contributed by atoms with Crippen molar-refractivity contribution in [3.63, 3.8) is 0 Å². The standard InChI is InChI=1S/C14H14FN3O/c1-10-16-5-4-14(17-10)18-6-7-19-13-3-2-12(15)8-11(13)9-18/h2-5,8H,6-7,9H2,1H3. The zero-order chi connectivity index (χ0) is 13.2. The van der Waals surface area contributed by atoms with E-state index in [0.29, 0.717) is 19.7 Å². The van der Waals surface area contributed by atoms with Crippen molar-refractivity contribution in [1.82, 2.24) is 9.97 Å². The van der Waals surface area contributed by atoms with Crippen molar-refractivity contribution >= 4 is 5.82 Å². The van der Waals surface area contributed by atoms with Crippen LogP contribution in [0.25, 0.3) is 0 Å². The average Bonchev–Trinajstić information content (AvgIpc) is 2.60. The first-order chi connectivity index (χ1) is 9.22. The van der Waals surface area contributed by atoms with Gasteiger partial charge in [-0.25, -0.2) is 14.4 Å². The van der Waals surface area contributed by atoms with E-state index in [9.17, 15) is 4.39 Å². The lowest BCUT2D eigenvalue weighted by Gasteiger charge is -2.20. The van der Waals surface area contributed by atoms with Gasteiger partial charge in [-0.1, -0.05) is 0 Å². The molecule has 0 bridgehead atoms. The molecule has 0 amide bonds. The second-order valence-corrected chi connectivity index (χ2v) is 4.48. The van der Waals surface area contributed by atoms with Crippen molar-refractivity contribution in [3.8, 4) is 5.75 Å². The van der Waals surface area contributed by atoms with Gasteiger partial charge < -0.3 is 9.64 Å². The van der Waals surface area contributed by atoms with Gasteiger partial charge in [0, 0.05) is 18.3 Å². The number of rotatable bonds is 1. The minimum atomic E-state index is -0.247. The first-order valence-electron chi connectivity index (χ1n) is 6.18. The fourth-order valence-electron chi connectivity index (χ4n) is 2.18. The summed E-state index contributed by atoms with van der Waals surface area (Å²) in [7, 11) is 0. The number of benzene rings is 1. The van der Waals surface area contributed by atoms with Crippen LogP contribution in [0.15, 0.2) is 30.5 Å². The first kappa shape index (κ1) is 11.9. The highest BCUT2D eigenvalue weighted by Crippen LogP contribution is 2.25. The molecule has 1 aliphatic rings. The van der Waals surface area contributed by atoms with Crippen LogP contribution in [0, 0.1) is 12.7 Å². The minimum Gasteiger partial charge on any atom is -0.491 e. The summed E-state index contributed by atoms with van der Waals surface area (Å²) < 4.78 is 19.0. The molecule has 5 heteroatoms. The van der Waals surface area contributed by atoms with E-state index in [2.05, 4.69) is 14.9 Å². The summed E-state index contributed by atoms with van der Waals surface area (Å²) in [5.41, 5.74) is 0.841. The van der Waals surface area contributed by atoms with E-state index in [1.54, 1.807) is 12.3 Å².